The number of aromatic nitrogens is 4. The molecule has 2 aromatic heterocycles. The van der Waals surface area contributed by atoms with E-state index in [1.807, 2.05) is 0 Å². The number of carboxylic acid groups (broad SMARTS) is 1. The first-order chi connectivity index (χ1) is 13.4. The van der Waals surface area contributed by atoms with Gasteiger partial charge in [-0.1, -0.05) is 24.3 Å². The van der Waals surface area contributed by atoms with Gasteiger partial charge < -0.3 is 10.1 Å². The summed E-state index contributed by atoms with van der Waals surface area (Å²) < 4.78 is 25.3. The summed E-state index contributed by atoms with van der Waals surface area (Å²) in [6, 6.07) is 12.0. The predicted octanol–water partition coefficient (Wildman–Crippen LogP) is 3.22. The van der Waals surface area contributed by atoms with Crippen LogP contribution in [0, 0.1) is 0 Å². The van der Waals surface area contributed by atoms with Crippen molar-refractivity contribution >= 4 is 33.8 Å². The van der Waals surface area contributed by atoms with E-state index < -0.39 is 19.1 Å². The molecule has 4 rings (SSSR count). The Hall–Kier alpha value is -3.82. The first kappa shape index (κ1) is 17.6. The molecule has 0 bridgehead atoms. The van der Waals surface area contributed by atoms with Gasteiger partial charge in [-0.3, -0.25) is 4.79 Å². The summed E-state index contributed by atoms with van der Waals surface area (Å²) in [7, 11) is 0. The van der Waals surface area contributed by atoms with E-state index in [2.05, 4.69) is 20.2 Å². The van der Waals surface area contributed by atoms with Gasteiger partial charge in [0, 0.05) is 10.9 Å². The standard InChI is InChI=1S/C18H13F2N5O3/c19-14(20)8-25(18(27)28)17-21-12-6-5-9(7-13(12)22-17)15-10-3-1-2-4-11(10)16(26)24-23-15/h1-7,14H,8H2,(H,21,22)(H,24,26)(H,27,28). The Balaban J connectivity index is 1.82. The number of fused-ring (bicyclic) bond motifs is 2. The monoisotopic (exact) mass is 385 g/mol. The second-order valence-corrected chi connectivity index (χ2v) is 6.02. The van der Waals surface area contributed by atoms with Gasteiger partial charge in [-0.2, -0.15) is 5.10 Å². The van der Waals surface area contributed by atoms with Crippen molar-refractivity contribution < 1.29 is 18.7 Å². The zero-order chi connectivity index (χ0) is 19.8. The molecule has 0 spiro atoms. The minimum absolute atomic E-state index is 0.195. The van der Waals surface area contributed by atoms with Crippen LogP contribution in [0.5, 0.6) is 0 Å². The lowest BCUT2D eigenvalue weighted by Crippen LogP contribution is -2.34. The number of aromatic amines is 2. The number of hydrogen-bond donors (Lipinski definition) is 3. The number of H-pyrrole nitrogens is 2. The number of amides is 1. The Morgan fingerprint density at radius 3 is 2.64 bits per heavy atom. The molecule has 0 aliphatic heterocycles. The number of nitrogens with one attached hydrogen (secondary N) is 2. The summed E-state index contributed by atoms with van der Waals surface area (Å²) in [5, 5.41) is 16.8. The van der Waals surface area contributed by atoms with Crippen molar-refractivity contribution in [3.05, 3.63) is 52.8 Å². The van der Waals surface area contributed by atoms with Gasteiger partial charge in [0.25, 0.3) is 12.0 Å². The zero-order valence-corrected chi connectivity index (χ0v) is 14.2. The van der Waals surface area contributed by atoms with E-state index in [0.29, 0.717) is 38.0 Å². The molecule has 0 saturated carbocycles. The van der Waals surface area contributed by atoms with E-state index in [1.54, 1.807) is 42.5 Å². The maximum Gasteiger partial charge on any atom is 0.414 e. The van der Waals surface area contributed by atoms with Crippen LogP contribution in [0.25, 0.3) is 33.1 Å². The van der Waals surface area contributed by atoms with Crippen LogP contribution in [-0.2, 0) is 0 Å². The number of rotatable bonds is 4. The topological polar surface area (TPSA) is 115 Å². The van der Waals surface area contributed by atoms with E-state index in [-0.39, 0.29) is 11.5 Å². The van der Waals surface area contributed by atoms with E-state index in [9.17, 15) is 18.4 Å². The fraction of sp³-hybridized carbons (Fsp3) is 0.111. The summed E-state index contributed by atoms with van der Waals surface area (Å²) in [5.74, 6) is -0.195. The molecule has 142 valence electrons. The van der Waals surface area contributed by atoms with Crippen LogP contribution in [0.2, 0.25) is 0 Å². The van der Waals surface area contributed by atoms with Crippen molar-refractivity contribution in [2.24, 2.45) is 0 Å². The lowest BCUT2D eigenvalue weighted by molar-refractivity contribution is 0.147. The zero-order valence-electron chi connectivity index (χ0n) is 14.2. The minimum atomic E-state index is -2.84. The number of carbonyl (C=O) groups is 1. The Bertz CT molecular complexity index is 1250. The molecule has 1 amide bonds. The molecule has 0 atom stereocenters. The third-order valence-corrected chi connectivity index (χ3v) is 4.25. The first-order valence-corrected chi connectivity index (χ1v) is 8.20. The van der Waals surface area contributed by atoms with E-state index in [0.717, 1.165) is 0 Å². The smallest absolute Gasteiger partial charge is 0.414 e. The van der Waals surface area contributed by atoms with Gasteiger partial charge in [-0.05, 0) is 18.2 Å². The van der Waals surface area contributed by atoms with Crippen molar-refractivity contribution in [2.45, 2.75) is 6.43 Å². The Labute approximate surface area is 155 Å². The second kappa shape index (κ2) is 6.72. The number of imidazole rings is 1. The summed E-state index contributed by atoms with van der Waals surface area (Å²) >= 11 is 0. The molecule has 8 nitrogen and oxygen atoms in total. The van der Waals surface area contributed by atoms with E-state index in [1.165, 1.54) is 0 Å². The summed E-state index contributed by atoms with van der Waals surface area (Å²) in [6.45, 7) is -0.992. The SMILES string of the molecule is O=C(O)N(CC(F)F)c1nc2cc(-c3n[nH]c(=O)c4ccccc34)ccc2[nH]1. The molecule has 2 aromatic carbocycles. The summed E-state index contributed by atoms with van der Waals surface area (Å²) in [4.78, 5) is 30.5. The lowest BCUT2D eigenvalue weighted by atomic mass is 10.0. The normalized spacial score (nSPS) is 11.4. The van der Waals surface area contributed by atoms with E-state index >= 15 is 0 Å². The van der Waals surface area contributed by atoms with Gasteiger partial charge in [0.05, 0.1) is 28.7 Å². The number of alkyl halides is 2. The highest BCUT2D eigenvalue weighted by atomic mass is 19.3. The molecular weight excluding hydrogens is 372 g/mol. The van der Waals surface area contributed by atoms with Gasteiger partial charge in [0.1, 0.15) is 0 Å². The van der Waals surface area contributed by atoms with Crippen LogP contribution in [0.3, 0.4) is 0 Å². The van der Waals surface area contributed by atoms with Crippen molar-refractivity contribution in [2.75, 3.05) is 11.4 Å². The Morgan fingerprint density at radius 1 is 1.18 bits per heavy atom. The lowest BCUT2D eigenvalue weighted by Gasteiger charge is -2.14. The number of anilines is 1. The minimum Gasteiger partial charge on any atom is -0.465 e. The van der Waals surface area contributed by atoms with Crippen molar-refractivity contribution in [1.82, 2.24) is 20.2 Å². The highest BCUT2D eigenvalue weighted by molar-refractivity contribution is 5.96. The Morgan fingerprint density at radius 2 is 1.93 bits per heavy atom. The summed E-state index contributed by atoms with van der Waals surface area (Å²) in [6.07, 6.45) is -4.37. The number of benzene rings is 2. The Kier molecular flexibility index (Phi) is 4.22. The molecule has 3 N–H and O–H groups in total. The number of hydrogen-bond acceptors (Lipinski definition) is 4. The number of halogens is 2. The maximum absolute atomic E-state index is 12.7. The van der Waals surface area contributed by atoms with Crippen LogP contribution >= 0.6 is 0 Å². The summed E-state index contributed by atoms with van der Waals surface area (Å²) in [5.41, 5.74) is 1.70. The molecule has 2 heterocycles. The van der Waals surface area contributed by atoms with Crippen molar-refractivity contribution in [3.63, 3.8) is 0 Å². The highest BCUT2D eigenvalue weighted by Crippen LogP contribution is 2.28. The highest BCUT2D eigenvalue weighted by Gasteiger charge is 2.22. The van der Waals surface area contributed by atoms with Crippen molar-refractivity contribution in [3.8, 4) is 11.3 Å². The fourth-order valence-corrected chi connectivity index (χ4v) is 3.00. The van der Waals surface area contributed by atoms with Crippen LogP contribution < -0.4 is 10.5 Å². The first-order valence-electron chi connectivity index (χ1n) is 8.20. The van der Waals surface area contributed by atoms with Crippen LogP contribution in [-0.4, -0.2) is 44.3 Å². The maximum atomic E-state index is 12.7. The molecule has 0 saturated heterocycles. The van der Waals surface area contributed by atoms with E-state index in [4.69, 9.17) is 5.11 Å². The van der Waals surface area contributed by atoms with Crippen LogP contribution in [0.1, 0.15) is 0 Å². The molecule has 10 heteroatoms. The quantitative estimate of drug-likeness (QED) is 0.499. The molecule has 0 aliphatic rings. The molecule has 0 aliphatic carbocycles. The number of nitrogens with zero attached hydrogens (tertiary/aromatic N) is 3. The molecule has 28 heavy (non-hydrogen) atoms. The predicted molar refractivity (Wildman–Crippen MR) is 98.8 cm³/mol. The molecule has 4 aromatic rings. The van der Waals surface area contributed by atoms with Gasteiger partial charge in [0.2, 0.25) is 5.95 Å². The average Bonchev–Trinajstić information content (AvgIpc) is 3.09. The third kappa shape index (κ3) is 3.04. The van der Waals surface area contributed by atoms with Crippen LogP contribution in [0.4, 0.5) is 19.5 Å². The largest absolute Gasteiger partial charge is 0.465 e. The van der Waals surface area contributed by atoms with Crippen LogP contribution in [0.15, 0.2) is 47.3 Å². The molecule has 0 unspecified atom stereocenters. The van der Waals surface area contributed by atoms with Gasteiger partial charge in [-0.15, -0.1) is 0 Å². The second-order valence-electron chi connectivity index (χ2n) is 6.02. The van der Waals surface area contributed by atoms with Gasteiger partial charge >= 0.3 is 6.09 Å². The molecular formula is C18H13F2N5O3. The van der Waals surface area contributed by atoms with Gasteiger partial charge in [-0.25, -0.2) is 28.6 Å². The molecule has 0 radical (unpaired) electrons. The third-order valence-electron chi connectivity index (χ3n) is 4.25. The van der Waals surface area contributed by atoms with Gasteiger partial charge in [0.15, 0.2) is 0 Å². The molecule has 0 fully saturated rings. The van der Waals surface area contributed by atoms with Crippen molar-refractivity contribution in [1.29, 1.82) is 0 Å². The fourth-order valence-electron chi connectivity index (χ4n) is 3.00. The average molecular weight is 385 g/mol.